The smallest absolute Gasteiger partial charge is 0.269 e. The molecule has 1 fully saturated rings. The second kappa shape index (κ2) is 6.47. The van der Waals surface area contributed by atoms with Crippen LogP contribution in [-0.2, 0) is 9.59 Å². The highest BCUT2D eigenvalue weighted by molar-refractivity contribution is 6.07. The zero-order chi connectivity index (χ0) is 19.0. The normalized spacial score (nSPS) is 18.5. The van der Waals surface area contributed by atoms with Crippen molar-refractivity contribution in [3.8, 4) is 0 Å². The number of hydrogen-bond acceptors (Lipinski definition) is 7. The number of guanidine groups is 1. The number of amides is 2. The van der Waals surface area contributed by atoms with Crippen molar-refractivity contribution < 1.29 is 14.5 Å². The first kappa shape index (κ1) is 17.4. The number of allylic oxidation sites excluding steroid dienone is 1. The number of non-ortho nitro benzene ring substituents is 1. The molecule has 10 nitrogen and oxygen atoms in total. The lowest BCUT2D eigenvalue weighted by molar-refractivity contribution is -0.384. The largest absolute Gasteiger partial charge is 0.324 e. The van der Waals surface area contributed by atoms with Crippen LogP contribution in [-0.4, -0.2) is 33.7 Å². The number of hydrogen-bond donors (Lipinski definition) is 3. The molecule has 10 heteroatoms. The molecule has 1 aromatic carbocycles. The predicted molar refractivity (Wildman–Crippen MR) is 93.8 cm³/mol. The first-order chi connectivity index (χ1) is 12.3. The van der Waals surface area contributed by atoms with E-state index in [4.69, 9.17) is 0 Å². The van der Waals surface area contributed by atoms with E-state index in [2.05, 4.69) is 21.1 Å². The zero-order valence-corrected chi connectivity index (χ0v) is 14.5. The number of anilines is 1. The maximum atomic E-state index is 12.7. The summed E-state index contributed by atoms with van der Waals surface area (Å²) in [5.41, 5.74) is 4.87. The molecule has 2 aliphatic rings. The van der Waals surface area contributed by atoms with E-state index >= 15 is 0 Å². The van der Waals surface area contributed by atoms with E-state index in [-0.39, 0.29) is 24.0 Å². The van der Waals surface area contributed by atoms with E-state index in [0.29, 0.717) is 17.1 Å². The standard InChI is InChI=1S/C16H18N6O4/c1-8(2)14-19-16-18-13(23)7-12(21(16)20-14)15(24)17-11-5-4-10(22(25)26)6-9(11)3/h4-6,12,20H,7H2,1-3H3,(H,17,24)(H,18,19,23)/t12-/m0/s1. The molecule has 3 rings (SSSR count). The van der Waals surface area contributed by atoms with Gasteiger partial charge in [-0.3, -0.25) is 30.4 Å². The molecule has 1 aromatic rings. The quantitative estimate of drug-likeness (QED) is 0.549. The number of nitrogens with one attached hydrogen (secondary N) is 3. The number of nitrogens with zero attached hydrogens (tertiary/aromatic N) is 3. The van der Waals surface area contributed by atoms with Crippen LogP contribution in [0.1, 0.15) is 25.8 Å². The number of carbonyl (C=O) groups excluding carboxylic acids is 2. The average molecular weight is 358 g/mol. The molecular formula is C16H18N6O4. The van der Waals surface area contributed by atoms with Crippen LogP contribution in [0.5, 0.6) is 0 Å². The van der Waals surface area contributed by atoms with Gasteiger partial charge in [0.2, 0.25) is 17.8 Å². The minimum Gasteiger partial charge on any atom is -0.324 e. The Labute approximate surface area is 149 Å². The van der Waals surface area contributed by atoms with Gasteiger partial charge in [0.05, 0.1) is 11.3 Å². The maximum absolute atomic E-state index is 12.7. The van der Waals surface area contributed by atoms with Crippen molar-refractivity contribution in [1.82, 2.24) is 15.8 Å². The maximum Gasteiger partial charge on any atom is 0.269 e. The first-order valence-electron chi connectivity index (χ1n) is 7.94. The van der Waals surface area contributed by atoms with Crippen molar-refractivity contribution in [1.29, 1.82) is 0 Å². The third kappa shape index (κ3) is 3.21. The lowest BCUT2D eigenvalue weighted by Gasteiger charge is -2.32. The highest BCUT2D eigenvalue weighted by atomic mass is 16.6. The van der Waals surface area contributed by atoms with Crippen molar-refractivity contribution >= 4 is 29.1 Å². The predicted octanol–water partition coefficient (Wildman–Crippen LogP) is 1.16. The number of aryl methyl sites for hydroxylation is 1. The van der Waals surface area contributed by atoms with Crippen LogP contribution in [0.25, 0.3) is 0 Å². The summed E-state index contributed by atoms with van der Waals surface area (Å²) < 4.78 is 0. The number of nitro benzene ring substituents is 1. The zero-order valence-electron chi connectivity index (χ0n) is 14.5. The fourth-order valence-electron chi connectivity index (χ4n) is 2.66. The lowest BCUT2D eigenvalue weighted by Crippen LogP contribution is -2.61. The van der Waals surface area contributed by atoms with Crippen LogP contribution < -0.4 is 16.1 Å². The molecular weight excluding hydrogens is 340 g/mol. The second-order valence-corrected chi connectivity index (χ2v) is 6.28. The highest BCUT2D eigenvalue weighted by Crippen LogP contribution is 2.23. The van der Waals surface area contributed by atoms with Gasteiger partial charge in [-0.2, -0.15) is 4.99 Å². The number of benzene rings is 1. The molecule has 0 spiro atoms. The molecule has 2 heterocycles. The van der Waals surface area contributed by atoms with E-state index in [1.165, 1.54) is 23.2 Å². The summed E-state index contributed by atoms with van der Waals surface area (Å²) in [6.07, 6.45) is -0.0417. The Kier molecular flexibility index (Phi) is 4.33. The van der Waals surface area contributed by atoms with Crippen molar-refractivity contribution in [2.75, 3.05) is 5.32 Å². The van der Waals surface area contributed by atoms with Crippen molar-refractivity contribution in [2.45, 2.75) is 33.2 Å². The SMILES string of the molecule is CC(C)=C1N=C2NC(=O)C[C@@H](C(=O)Nc3ccc([N+](=O)[O-])cc3C)N2N1. The average Bonchev–Trinajstić information content (AvgIpc) is 2.99. The lowest BCUT2D eigenvalue weighted by atomic mass is 10.1. The number of aliphatic imine (C=N–C) groups is 1. The van der Waals surface area contributed by atoms with Crippen LogP contribution in [0.4, 0.5) is 11.4 Å². The topological polar surface area (TPSA) is 129 Å². The first-order valence-corrected chi connectivity index (χ1v) is 7.94. The number of nitro groups is 1. The molecule has 0 radical (unpaired) electrons. The Bertz CT molecular complexity index is 871. The molecule has 1 saturated heterocycles. The van der Waals surface area contributed by atoms with Crippen LogP contribution >= 0.6 is 0 Å². The summed E-state index contributed by atoms with van der Waals surface area (Å²) in [5.74, 6) is 0.133. The summed E-state index contributed by atoms with van der Waals surface area (Å²) in [4.78, 5) is 39.2. The Balaban J connectivity index is 1.81. The fraction of sp³-hybridized carbons (Fsp3) is 0.312. The van der Waals surface area contributed by atoms with Crippen molar-refractivity contribution in [2.24, 2.45) is 4.99 Å². The number of rotatable bonds is 3. The van der Waals surface area contributed by atoms with E-state index in [1.807, 2.05) is 13.8 Å². The van der Waals surface area contributed by atoms with Crippen molar-refractivity contribution in [3.63, 3.8) is 0 Å². The van der Waals surface area contributed by atoms with E-state index < -0.39 is 16.9 Å². The molecule has 0 unspecified atom stereocenters. The fourth-order valence-corrected chi connectivity index (χ4v) is 2.66. The third-order valence-corrected chi connectivity index (χ3v) is 4.07. The molecule has 1 atom stereocenters. The van der Waals surface area contributed by atoms with Gasteiger partial charge in [0, 0.05) is 17.8 Å². The molecule has 26 heavy (non-hydrogen) atoms. The molecule has 2 amide bonds. The molecule has 0 aliphatic carbocycles. The van der Waals surface area contributed by atoms with Gasteiger partial charge in [-0.25, -0.2) is 5.01 Å². The molecule has 2 aliphatic heterocycles. The Morgan fingerprint density at radius 2 is 2.15 bits per heavy atom. The van der Waals surface area contributed by atoms with E-state index in [9.17, 15) is 19.7 Å². The Hall–Kier alpha value is -3.43. The van der Waals surface area contributed by atoms with Gasteiger partial charge in [-0.15, -0.1) is 0 Å². The Morgan fingerprint density at radius 3 is 2.77 bits per heavy atom. The summed E-state index contributed by atoms with van der Waals surface area (Å²) in [6, 6.07) is 3.38. The van der Waals surface area contributed by atoms with Gasteiger partial charge >= 0.3 is 0 Å². The molecule has 0 bridgehead atoms. The summed E-state index contributed by atoms with van der Waals surface area (Å²) in [5, 5.41) is 17.7. The molecule has 136 valence electrons. The van der Waals surface area contributed by atoms with Gasteiger partial charge in [0.25, 0.3) is 5.69 Å². The van der Waals surface area contributed by atoms with Gasteiger partial charge in [0.15, 0.2) is 0 Å². The van der Waals surface area contributed by atoms with Crippen LogP contribution in [0.15, 0.2) is 34.6 Å². The number of hydrazine groups is 1. The van der Waals surface area contributed by atoms with Crippen LogP contribution in [0.3, 0.4) is 0 Å². The van der Waals surface area contributed by atoms with Gasteiger partial charge in [0.1, 0.15) is 11.9 Å². The van der Waals surface area contributed by atoms with E-state index in [1.54, 1.807) is 6.92 Å². The molecule has 3 N–H and O–H groups in total. The van der Waals surface area contributed by atoms with Crippen LogP contribution in [0, 0.1) is 17.0 Å². The van der Waals surface area contributed by atoms with Gasteiger partial charge in [-0.1, -0.05) is 0 Å². The summed E-state index contributed by atoms with van der Waals surface area (Å²) >= 11 is 0. The van der Waals surface area contributed by atoms with Crippen LogP contribution in [0.2, 0.25) is 0 Å². The van der Waals surface area contributed by atoms with E-state index in [0.717, 1.165) is 5.57 Å². The van der Waals surface area contributed by atoms with Gasteiger partial charge < -0.3 is 5.32 Å². The third-order valence-electron chi connectivity index (χ3n) is 4.07. The number of carbonyl (C=O) groups is 2. The minimum atomic E-state index is -0.797. The summed E-state index contributed by atoms with van der Waals surface area (Å²) in [7, 11) is 0. The molecule has 0 aromatic heterocycles. The minimum absolute atomic E-state index is 0.0417. The monoisotopic (exact) mass is 358 g/mol. The number of fused-ring (bicyclic) bond motifs is 1. The summed E-state index contributed by atoms with van der Waals surface area (Å²) in [6.45, 7) is 5.39. The second-order valence-electron chi connectivity index (χ2n) is 6.28. The Morgan fingerprint density at radius 1 is 1.42 bits per heavy atom. The highest BCUT2D eigenvalue weighted by Gasteiger charge is 2.39. The van der Waals surface area contributed by atoms with Crippen molar-refractivity contribution in [3.05, 3.63) is 45.3 Å². The van der Waals surface area contributed by atoms with Gasteiger partial charge in [-0.05, 0) is 38.0 Å². The molecule has 0 saturated carbocycles.